The largest absolute Gasteiger partial charge is 0.311 e. The molecule has 2 aliphatic rings. The van der Waals surface area contributed by atoms with E-state index >= 15 is 0 Å². The van der Waals surface area contributed by atoms with Crippen LogP contribution in [-0.2, 0) is 0 Å². The molecule has 14 aromatic rings. The minimum atomic E-state index is -2.78. The molecule has 0 spiro atoms. The van der Waals surface area contributed by atoms with Gasteiger partial charge in [0.05, 0.1) is 16.6 Å². The molecule has 0 unspecified atom stereocenters. The summed E-state index contributed by atoms with van der Waals surface area (Å²) in [5.41, 5.74) is 13.7. The minimum Gasteiger partial charge on any atom is -0.311 e. The average molecular weight is 1070 g/mol. The lowest BCUT2D eigenvalue weighted by atomic mass is 10.0. The molecule has 16 rings (SSSR count). The van der Waals surface area contributed by atoms with Crippen molar-refractivity contribution in [1.82, 2.24) is 9.55 Å². The highest BCUT2D eigenvalue weighted by Gasteiger charge is 2.50. The van der Waals surface area contributed by atoms with Gasteiger partial charge in [-0.15, -0.1) is 0 Å². The Bertz CT molecular complexity index is 4540. The molecule has 2 aromatic heterocycles. The van der Waals surface area contributed by atoms with Crippen LogP contribution in [0.25, 0.3) is 49.5 Å². The summed E-state index contributed by atoms with van der Waals surface area (Å²) in [6.45, 7) is 0. The lowest BCUT2D eigenvalue weighted by Crippen LogP contribution is -2.77. The standard InChI is InChI=1S/C75H52N4Si2/c1-6-24-56(25-7-1)77-66-46-42-53(50-63(66)64-51-58(44-47-67(64)77)79-70-36-18-22-40-74(70)81(61-30-12-4-13-31-61,62-32-14-5-15-33-62)75-41-23-19-37-71(75)79)55-48-54-49-57(43-45-65(54)76-52-55)78-68-34-16-20-38-72(68)80(59-26-8-2-9-27-59,60-28-10-3-11-29-60)73-39-21-17-35-69(73)78/h1-52H. The van der Waals surface area contributed by atoms with Gasteiger partial charge < -0.3 is 14.4 Å². The van der Waals surface area contributed by atoms with Gasteiger partial charge in [0, 0.05) is 67.7 Å². The van der Waals surface area contributed by atoms with Gasteiger partial charge in [0.1, 0.15) is 0 Å². The van der Waals surface area contributed by atoms with Gasteiger partial charge in [-0.2, -0.15) is 0 Å². The fourth-order valence-corrected chi connectivity index (χ4v) is 24.2. The van der Waals surface area contributed by atoms with Crippen LogP contribution in [0.15, 0.2) is 316 Å². The number of benzene rings is 12. The molecular formula is C75H52N4Si2. The van der Waals surface area contributed by atoms with Gasteiger partial charge in [-0.05, 0) is 138 Å². The molecule has 6 heteroatoms. The van der Waals surface area contributed by atoms with Gasteiger partial charge in [-0.25, -0.2) is 0 Å². The van der Waals surface area contributed by atoms with Crippen LogP contribution in [0.2, 0.25) is 0 Å². The molecule has 4 heterocycles. The highest BCUT2D eigenvalue weighted by molar-refractivity contribution is 7.22. The fourth-order valence-electron chi connectivity index (χ4n) is 14.0. The number of pyridine rings is 1. The van der Waals surface area contributed by atoms with Gasteiger partial charge in [-0.1, -0.05) is 218 Å². The summed E-state index contributed by atoms with van der Waals surface area (Å²) in [6.07, 6.45) is 2.05. The molecule has 2 aliphatic heterocycles. The SMILES string of the molecule is c1ccc(-n2c3ccc(-c4cnc5ccc(N6c7ccccc7[Si](c7ccccc7)(c7ccccc7)c7ccccc76)cc5c4)cc3c3cc(N4c5ccccc5[Si](c5ccccc5)(c5ccccc5)c5ccccc54)ccc32)cc1. The molecule has 380 valence electrons. The number of para-hydroxylation sites is 5. The molecule has 81 heavy (non-hydrogen) atoms. The van der Waals surface area contributed by atoms with Gasteiger partial charge in [0.15, 0.2) is 16.1 Å². The van der Waals surface area contributed by atoms with Crippen molar-refractivity contribution in [1.29, 1.82) is 0 Å². The third-order valence-electron chi connectivity index (χ3n) is 17.3. The van der Waals surface area contributed by atoms with E-state index in [9.17, 15) is 0 Å². The number of anilines is 6. The molecular weight excluding hydrogens is 1010 g/mol. The van der Waals surface area contributed by atoms with Crippen LogP contribution in [0.4, 0.5) is 34.1 Å². The van der Waals surface area contributed by atoms with Crippen molar-refractivity contribution >= 4 is 124 Å². The smallest absolute Gasteiger partial charge is 0.184 e. The van der Waals surface area contributed by atoms with E-state index in [0.29, 0.717) is 0 Å². The molecule has 0 saturated heterocycles. The second-order valence-corrected chi connectivity index (χ2v) is 28.9. The summed E-state index contributed by atoms with van der Waals surface area (Å²) >= 11 is 0. The Hall–Kier alpha value is -10.1. The van der Waals surface area contributed by atoms with Crippen molar-refractivity contribution in [2.75, 3.05) is 9.80 Å². The zero-order chi connectivity index (χ0) is 53.5. The van der Waals surface area contributed by atoms with Crippen LogP contribution in [0.5, 0.6) is 0 Å². The predicted molar refractivity (Wildman–Crippen MR) is 345 cm³/mol. The van der Waals surface area contributed by atoms with Crippen LogP contribution >= 0.6 is 0 Å². The summed E-state index contributed by atoms with van der Waals surface area (Å²) in [4.78, 5) is 10.2. The summed E-state index contributed by atoms with van der Waals surface area (Å²) in [6, 6.07) is 115. The van der Waals surface area contributed by atoms with Crippen molar-refractivity contribution in [3.63, 3.8) is 0 Å². The monoisotopic (exact) mass is 1060 g/mol. The van der Waals surface area contributed by atoms with Crippen molar-refractivity contribution in [3.8, 4) is 16.8 Å². The van der Waals surface area contributed by atoms with Crippen LogP contribution in [0.3, 0.4) is 0 Å². The Kier molecular flexibility index (Phi) is 10.9. The number of rotatable bonds is 8. The van der Waals surface area contributed by atoms with Gasteiger partial charge in [0.25, 0.3) is 0 Å². The van der Waals surface area contributed by atoms with Gasteiger partial charge in [0.2, 0.25) is 0 Å². The Morgan fingerprint density at radius 2 is 0.642 bits per heavy atom. The predicted octanol–water partition coefficient (Wildman–Crippen LogP) is 13.3. The molecule has 12 aromatic carbocycles. The second-order valence-electron chi connectivity index (χ2n) is 21.4. The first-order chi connectivity index (χ1) is 40.2. The van der Waals surface area contributed by atoms with E-state index in [1.165, 1.54) is 75.0 Å². The second kappa shape index (κ2) is 18.8. The number of hydrogen-bond donors (Lipinski definition) is 0. The van der Waals surface area contributed by atoms with E-state index < -0.39 is 16.1 Å². The van der Waals surface area contributed by atoms with Crippen LogP contribution in [0.1, 0.15) is 0 Å². The normalized spacial score (nSPS) is 13.8. The van der Waals surface area contributed by atoms with E-state index in [1.807, 2.05) is 6.20 Å². The van der Waals surface area contributed by atoms with E-state index in [0.717, 1.165) is 50.1 Å². The third-order valence-corrected chi connectivity index (χ3v) is 27.0. The van der Waals surface area contributed by atoms with E-state index in [4.69, 9.17) is 4.98 Å². The first-order valence-electron chi connectivity index (χ1n) is 27.9. The zero-order valence-corrected chi connectivity index (χ0v) is 46.3. The molecule has 0 saturated carbocycles. The van der Waals surface area contributed by atoms with E-state index in [2.05, 4.69) is 324 Å². The molecule has 0 aliphatic carbocycles. The highest BCUT2D eigenvalue weighted by atomic mass is 28.3. The molecule has 0 amide bonds. The summed E-state index contributed by atoms with van der Waals surface area (Å²) in [5, 5.41) is 14.5. The van der Waals surface area contributed by atoms with E-state index in [-0.39, 0.29) is 0 Å². The van der Waals surface area contributed by atoms with Crippen molar-refractivity contribution in [3.05, 3.63) is 316 Å². The Morgan fingerprint density at radius 1 is 0.272 bits per heavy atom. The molecule has 0 fully saturated rings. The van der Waals surface area contributed by atoms with Gasteiger partial charge >= 0.3 is 0 Å². The Balaban J connectivity index is 0.853. The van der Waals surface area contributed by atoms with Gasteiger partial charge in [-0.3, -0.25) is 4.98 Å². The maximum absolute atomic E-state index is 5.18. The highest BCUT2D eigenvalue weighted by Crippen LogP contribution is 2.44. The maximum Gasteiger partial charge on any atom is 0.184 e. The Labute approximate surface area is 473 Å². The topological polar surface area (TPSA) is 24.3 Å². The average Bonchev–Trinajstić information content (AvgIpc) is 4.02. The number of nitrogens with zero attached hydrogens (tertiary/aromatic N) is 4. The quantitative estimate of drug-likeness (QED) is 0.142. The van der Waals surface area contributed by atoms with Crippen LogP contribution < -0.4 is 51.3 Å². The van der Waals surface area contributed by atoms with Crippen LogP contribution in [0, 0.1) is 0 Å². The first-order valence-corrected chi connectivity index (χ1v) is 31.9. The van der Waals surface area contributed by atoms with Crippen molar-refractivity contribution in [2.24, 2.45) is 0 Å². The maximum atomic E-state index is 5.18. The van der Waals surface area contributed by atoms with E-state index in [1.54, 1.807) is 0 Å². The minimum absolute atomic E-state index is 0.957. The number of fused-ring (bicyclic) bond motifs is 8. The summed E-state index contributed by atoms with van der Waals surface area (Å²) in [7, 11) is -5.54. The molecule has 0 bridgehead atoms. The number of hydrogen-bond acceptors (Lipinski definition) is 3. The Morgan fingerprint density at radius 3 is 1.10 bits per heavy atom. The molecule has 0 N–H and O–H groups in total. The van der Waals surface area contributed by atoms with Crippen molar-refractivity contribution < 1.29 is 0 Å². The van der Waals surface area contributed by atoms with Crippen molar-refractivity contribution in [2.45, 2.75) is 0 Å². The first kappa shape index (κ1) is 46.9. The molecule has 4 nitrogen and oxygen atoms in total. The number of aromatic nitrogens is 2. The lowest BCUT2D eigenvalue weighted by Gasteiger charge is -2.45. The molecule has 0 radical (unpaired) electrons. The van der Waals surface area contributed by atoms with Crippen LogP contribution in [-0.4, -0.2) is 25.7 Å². The zero-order valence-electron chi connectivity index (χ0n) is 44.3. The summed E-state index contributed by atoms with van der Waals surface area (Å²) < 4.78 is 2.42. The summed E-state index contributed by atoms with van der Waals surface area (Å²) in [5.74, 6) is 0. The lowest BCUT2D eigenvalue weighted by molar-refractivity contribution is 1.18. The third kappa shape index (κ3) is 7.04. The fraction of sp³-hybridized carbons (Fsp3) is 0. The molecule has 0 atom stereocenters.